The maximum Gasteiger partial charge on any atom is 0.451 e. The SMILES string of the molecule is CC(C)(C)OC(=O)N1C2CC(C2)C1Cc1cc(-c2cnc(C(F)(F)F)nc2)ncc1C(F)(F)F. The van der Waals surface area contributed by atoms with Crippen LogP contribution in [-0.4, -0.2) is 43.6 Å². The fraction of sp³-hybridized carbons (Fsp3) is 0.545. The molecule has 34 heavy (non-hydrogen) atoms. The number of aromatic nitrogens is 3. The summed E-state index contributed by atoms with van der Waals surface area (Å²) in [5.74, 6) is -1.31. The second kappa shape index (κ2) is 8.09. The molecule has 0 N–H and O–H groups in total. The van der Waals surface area contributed by atoms with Crippen molar-refractivity contribution >= 4 is 6.09 Å². The van der Waals surface area contributed by atoms with Gasteiger partial charge in [-0.2, -0.15) is 26.3 Å². The fourth-order valence-electron chi connectivity index (χ4n) is 4.44. The monoisotopic (exact) mass is 488 g/mol. The first kappa shape index (κ1) is 24.2. The summed E-state index contributed by atoms with van der Waals surface area (Å²) in [5.41, 5.74) is -1.77. The van der Waals surface area contributed by atoms with Gasteiger partial charge in [0.1, 0.15) is 5.60 Å². The van der Waals surface area contributed by atoms with Gasteiger partial charge in [-0.1, -0.05) is 0 Å². The van der Waals surface area contributed by atoms with Gasteiger partial charge >= 0.3 is 18.4 Å². The number of nitrogens with zero attached hydrogens (tertiary/aromatic N) is 4. The molecule has 2 aliphatic heterocycles. The molecular weight excluding hydrogens is 466 g/mol. The van der Waals surface area contributed by atoms with Gasteiger partial charge in [-0.3, -0.25) is 4.98 Å². The maximum atomic E-state index is 13.7. The largest absolute Gasteiger partial charge is 0.451 e. The molecule has 1 aliphatic carbocycles. The Hall–Kier alpha value is -2.92. The highest BCUT2D eigenvalue weighted by molar-refractivity contribution is 5.70. The molecular formula is C22H22F6N4O2. The van der Waals surface area contributed by atoms with Crippen molar-refractivity contribution in [1.29, 1.82) is 0 Å². The first-order valence-electron chi connectivity index (χ1n) is 10.6. The molecule has 1 amide bonds. The summed E-state index contributed by atoms with van der Waals surface area (Å²) < 4.78 is 84.9. The standard InChI is InChI=1S/C22H22F6N4O2/c1-20(2,3)34-19(33)32-14-4-12(5-14)17(32)7-11-6-16(29-10-15(11)21(23,24)25)13-8-30-18(31-9-13)22(26,27)28/h6,8-10,12,14,17H,4-5,7H2,1-3H3. The number of rotatable bonds is 3. The van der Waals surface area contributed by atoms with Crippen LogP contribution < -0.4 is 0 Å². The molecule has 0 aromatic carbocycles. The lowest BCUT2D eigenvalue weighted by molar-refractivity contribution is -0.145. The number of ether oxygens (including phenoxy) is 1. The summed E-state index contributed by atoms with van der Waals surface area (Å²) in [4.78, 5) is 24.6. The quantitative estimate of drug-likeness (QED) is 0.533. The first-order valence-corrected chi connectivity index (χ1v) is 10.6. The fourth-order valence-corrected chi connectivity index (χ4v) is 4.44. The minimum Gasteiger partial charge on any atom is -0.444 e. The van der Waals surface area contributed by atoms with Crippen molar-refractivity contribution in [2.24, 2.45) is 5.92 Å². The van der Waals surface area contributed by atoms with Gasteiger partial charge in [0, 0.05) is 36.2 Å². The molecule has 12 heteroatoms. The van der Waals surface area contributed by atoms with E-state index in [1.807, 2.05) is 0 Å². The van der Waals surface area contributed by atoms with E-state index in [1.165, 1.54) is 11.0 Å². The Kier molecular flexibility index (Phi) is 5.76. The maximum absolute atomic E-state index is 13.7. The summed E-state index contributed by atoms with van der Waals surface area (Å²) in [5, 5.41) is 0. The number of halogens is 6. The van der Waals surface area contributed by atoms with Crippen molar-refractivity contribution in [1.82, 2.24) is 19.9 Å². The van der Waals surface area contributed by atoms with E-state index in [-0.39, 0.29) is 35.2 Å². The molecule has 2 aromatic heterocycles. The average Bonchev–Trinajstić information content (AvgIpc) is 3.19. The molecule has 0 radical (unpaired) electrons. The lowest BCUT2D eigenvalue weighted by Gasteiger charge is -2.30. The van der Waals surface area contributed by atoms with E-state index in [0.717, 1.165) is 12.4 Å². The van der Waals surface area contributed by atoms with Crippen LogP contribution in [-0.2, 0) is 23.5 Å². The number of hydrogen-bond donors (Lipinski definition) is 0. The second-order valence-corrected chi connectivity index (χ2v) is 9.56. The molecule has 2 saturated heterocycles. The number of carbonyl (C=O) groups excluding carboxylic acids is 1. The van der Waals surface area contributed by atoms with Crippen molar-refractivity contribution < 1.29 is 35.9 Å². The Morgan fingerprint density at radius 3 is 2.15 bits per heavy atom. The molecule has 6 nitrogen and oxygen atoms in total. The number of pyridine rings is 1. The van der Waals surface area contributed by atoms with Crippen LogP contribution in [0.25, 0.3) is 11.3 Å². The van der Waals surface area contributed by atoms with Gasteiger partial charge in [-0.25, -0.2) is 14.8 Å². The molecule has 1 atom stereocenters. The molecule has 1 unspecified atom stereocenters. The number of carbonyl (C=O) groups is 1. The zero-order valence-corrected chi connectivity index (χ0v) is 18.5. The van der Waals surface area contributed by atoms with E-state index in [2.05, 4.69) is 15.0 Å². The summed E-state index contributed by atoms with van der Waals surface area (Å²) in [7, 11) is 0. The number of hydrogen-bond acceptors (Lipinski definition) is 5. The minimum absolute atomic E-state index is 0.00545. The van der Waals surface area contributed by atoms with Crippen LogP contribution in [0.4, 0.5) is 31.1 Å². The van der Waals surface area contributed by atoms with E-state index in [1.54, 1.807) is 20.8 Å². The predicted octanol–water partition coefficient (Wildman–Crippen LogP) is 5.52. The van der Waals surface area contributed by atoms with Gasteiger partial charge in [0.2, 0.25) is 5.82 Å². The van der Waals surface area contributed by atoms with E-state index >= 15 is 0 Å². The zero-order valence-electron chi connectivity index (χ0n) is 18.5. The van der Waals surface area contributed by atoms with Gasteiger partial charge in [-0.05, 0) is 57.6 Å². The molecule has 3 aliphatic rings. The smallest absolute Gasteiger partial charge is 0.444 e. The topological polar surface area (TPSA) is 68.2 Å². The van der Waals surface area contributed by atoms with Crippen LogP contribution in [0, 0.1) is 5.92 Å². The van der Waals surface area contributed by atoms with Crippen LogP contribution in [0.2, 0.25) is 0 Å². The molecule has 184 valence electrons. The van der Waals surface area contributed by atoms with Crippen molar-refractivity contribution in [3.05, 3.63) is 41.6 Å². The van der Waals surface area contributed by atoms with Crippen LogP contribution >= 0.6 is 0 Å². The van der Waals surface area contributed by atoms with Crippen molar-refractivity contribution in [3.8, 4) is 11.3 Å². The third-order valence-electron chi connectivity index (χ3n) is 5.97. The van der Waals surface area contributed by atoms with Gasteiger partial charge in [0.05, 0.1) is 11.3 Å². The Morgan fingerprint density at radius 1 is 1.00 bits per heavy atom. The summed E-state index contributed by atoms with van der Waals surface area (Å²) in [6.45, 7) is 5.14. The van der Waals surface area contributed by atoms with E-state index < -0.39 is 41.5 Å². The Balaban J connectivity index is 1.66. The highest BCUT2D eigenvalue weighted by Gasteiger charge is 2.54. The van der Waals surface area contributed by atoms with Gasteiger partial charge in [-0.15, -0.1) is 0 Å². The zero-order chi connectivity index (χ0) is 25.1. The Morgan fingerprint density at radius 2 is 1.62 bits per heavy atom. The van der Waals surface area contributed by atoms with E-state index in [4.69, 9.17) is 4.74 Å². The number of amides is 1. The Bertz CT molecular complexity index is 1070. The summed E-state index contributed by atoms with van der Waals surface area (Å²) >= 11 is 0. The van der Waals surface area contributed by atoms with Crippen molar-refractivity contribution in [3.63, 3.8) is 0 Å². The van der Waals surface area contributed by atoms with Crippen LogP contribution in [0.15, 0.2) is 24.7 Å². The first-order chi connectivity index (χ1) is 15.6. The molecule has 2 aromatic rings. The number of alkyl halides is 6. The third kappa shape index (κ3) is 4.80. The molecule has 3 fully saturated rings. The average molecular weight is 488 g/mol. The highest BCUT2D eigenvalue weighted by atomic mass is 19.4. The second-order valence-electron chi connectivity index (χ2n) is 9.56. The lowest BCUT2D eigenvalue weighted by Crippen LogP contribution is -2.42. The van der Waals surface area contributed by atoms with Gasteiger partial charge < -0.3 is 9.64 Å². The van der Waals surface area contributed by atoms with Gasteiger partial charge in [0.15, 0.2) is 0 Å². The predicted molar refractivity (Wildman–Crippen MR) is 107 cm³/mol. The highest BCUT2D eigenvalue weighted by Crippen LogP contribution is 2.48. The lowest BCUT2D eigenvalue weighted by atomic mass is 9.81. The van der Waals surface area contributed by atoms with Gasteiger partial charge in [0.25, 0.3) is 0 Å². The van der Waals surface area contributed by atoms with E-state index in [0.29, 0.717) is 19.0 Å². The minimum atomic E-state index is -4.74. The number of fused-ring (bicyclic) bond motifs is 1. The molecule has 5 rings (SSSR count). The summed E-state index contributed by atoms with van der Waals surface area (Å²) in [6.07, 6.45) is -6.33. The van der Waals surface area contributed by atoms with E-state index in [9.17, 15) is 31.1 Å². The van der Waals surface area contributed by atoms with Crippen LogP contribution in [0.1, 0.15) is 50.6 Å². The normalized spacial score (nSPS) is 22.5. The molecule has 2 bridgehead atoms. The van der Waals surface area contributed by atoms with Crippen molar-refractivity contribution in [2.45, 2.75) is 70.1 Å². The Labute approximate surface area is 191 Å². The molecule has 1 saturated carbocycles. The van der Waals surface area contributed by atoms with Crippen molar-refractivity contribution in [2.75, 3.05) is 0 Å². The summed E-state index contributed by atoms with van der Waals surface area (Å²) in [6, 6.07) is 0.612. The molecule has 0 spiro atoms. The third-order valence-corrected chi connectivity index (χ3v) is 5.97. The van der Waals surface area contributed by atoms with Crippen LogP contribution in [0.5, 0.6) is 0 Å². The van der Waals surface area contributed by atoms with Crippen LogP contribution in [0.3, 0.4) is 0 Å². The molecule has 4 heterocycles.